The van der Waals surface area contributed by atoms with Crippen molar-refractivity contribution in [1.82, 2.24) is 10.3 Å². The van der Waals surface area contributed by atoms with Crippen molar-refractivity contribution in [3.05, 3.63) is 74.4 Å². The van der Waals surface area contributed by atoms with Gasteiger partial charge in [0.2, 0.25) is 0 Å². The molecule has 0 saturated carbocycles. The van der Waals surface area contributed by atoms with E-state index in [0.717, 1.165) is 10.0 Å². The molecular formula is C17H14BrN3O3. The summed E-state index contributed by atoms with van der Waals surface area (Å²) in [5, 5.41) is 14.3. The molecule has 0 saturated heterocycles. The number of aromatic amines is 1. The summed E-state index contributed by atoms with van der Waals surface area (Å²) in [6.07, 6.45) is 2.26. The van der Waals surface area contributed by atoms with Crippen LogP contribution in [-0.2, 0) is 6.42 Å². The third kappa shape index (κ3) is 3.30. The Bertz CT molecular complexity index is 920. The summed E-state index contributed by atoms with van der Waals surface area (Å²) in [4.78, 5) is 25.8. The van der Waals surface area contributed by atoms with Crippen LogP contribution in [-0.4, -0.2) is 22.4 Å². The lowest BCUT2D eigenvalue weighted by molar-refractivity contribution is -0.384. The molecule has 0 aliphatic rings. The predicted octanol–water partition coefficient (Wildman–Crippen LogP) is 3.81. The van der Waals surface area contributed by atoms with Crippen LogP contribution in [0.15, 0.2) is 53.1 Å². The zero-order valence-electron chi connectivity index (χ0n) is 12.6. The average molecular weight is 388 g/mol. The first-order valence-corrected chi connectivity index (χ1v) is 8.12. The number of hydrogen-bond acceptors (Lipinski definition) is 3. The van der Waals surface area contributed by atoms with Gasteiger partial charge in [-0.1, -0.05) is 34.1 Å². The number of non-ortho nitro benzene ring substituents is 1. The highest BCUT2D eigenvalue weighted by molar-refractivity contribution is 9.10. The molecule has 7 heteroatoms. The summed E-state index contributed by atoms with van der Waals surface area (Å²) in [5.41, 5.74) is 2.16. The standard InChI is InChI=1S/C17H14BrN3O3/c18-15-4-2-1-3-11(15)7-8-19-17(22)14-10-20-16-6-5-12(21(23)24)9-13(14)16/h1-6,9-10,20H,7-8H2,(H,19,22). The number of rotatable bonds is 5. The Morgan fingerprint density at radius 1 is 1.25 bits per heavy atom. The maximum absolute atomic E-state index is 12.4. The highest BCUT2D eigenvalue weighted by Gasteiger charge is 2.15. The van der Waals surface area contributed by atoms with Crippen molar-refractivity contribution in [2.75, 3.05) is 6.54 Å². The normalized spacial score (nSPS) is 10.7. The van der Waals surface area contributed by atoms with Gasteiger partial charge in [0.1, 0.15) is 0 Å². The van der Waals surface area contributed by atoms with Crippen LogP contribution in [0.25, 0.3) is 10.9 Å². The molecule has 2 aromatic carbocycles. The Hall–Kier alpha value is -2.67. The molecular weight excluding hydrogens is 374 g/mol. The summed E-state index contributed by atoms with van der Waals surface area (Å²) in [5.74, 6) is -0.256. The number of carbonyl (C=O) groups is 1. The van der Waals surface area contributed by atoms with Crippen LogP contribution < -0.4 is 5.32 Å². The van der Waals surface area contributed by atoms with Crippen molar-refractivity contribution in [3.63, 3.8) is 0 Å². The Labute approximate surface area is 146 Å². The molecule has 1 amide bonds. The second-order valence-electron chi connectivity index (χ2n) is 5.29. The van der Waals surface area contributed by atoms with E-state index < -0.39 is 4.92 Å². The minimum absolute atomic E-state index is 0.0376. The summed E-state index contributed by atoms with van der Waals surface area (Å²) in [6.45, 7) is 0.475. The van der Waals surface area contributed by atoms with Crippen molar-refractivity contribution >= 4 is 38.4 Å². The number of benzene rings is 2. The minimum Gasteiger partial charge on any atom is -0.360 e. The van der Waals surface area contributed by atoms with E-state index in [1.165, 1.54) is 12.1 Å². The molecule has 6 nitrogen and oxygen atoms in total. The molecule has 24 heavy (non-hydrogen) atoms. The van der Waals surface area contributed by atoms with Gasteiger partial charge in [-0.05, 0) is 24.1 Å². The zero-order valence-corrected chi connectivity index (χ0v) is 14.2. The van der Waals surface area contributed by atoms with E-state index in [9.17, 15) is 14.9 Å². The summed E-state index contributed by atoms with van der Waals surface area (Å²) >= 11 is 3.47. The number of hydrogen-bond donors (Lipinski definition) is 2. The molecule has 1 aromatic heterocycles. The third-order valence-electron chi connectivity index (χ3n) is 3.76. The first kappa shape index (κ1) is 16.2. The van der Waals surface area contributed by atoms with Gasteiger partial charge in [0.25, 0.3) is 11.6 Å². The molecule has 0 aliphatic carbocycles. The van der Waals surface area contributed by atoms with Gasteiger partial charge < -0.3 is 10.3 Å². The number of nitrogens with zero attached hydrogens (tertiary/aromatic N) is 1. The Morgan fingerprint density at radius 2 is 2.04 bits per heavy atom. The highest BCUT2D eigenvalue weighted by Crippen LogP contribution is 2.23. The van der Waals surface area contributed by atoms with E-state index in [-0.39, 0.29) is 11.6 Å². The molecule has 0 atom stereocenters. The molecule has 0 spiro atoms. The monoisotopic (exact) mass is 387 g/mol. The lowest BCUT2D eigenvalue weighted by Gasteiger charge is -2.06. The first-order chi connectivity index (χ1) is 11.6. The largest absolute Gasteiger partial charge is 0.360 e. The van der Waals surface area contributed by atoms with Gasteiger partial charge in [-0.3, -0.25) is 14.9 Å². The van der Waals surface area contributed by atoms with Crippen molar-refractivity contribution in [2.45, 2.75) is 6.42 Å². The van der Waals surface area contributed by atoms with E-state index in [2.05, 4.69) is 26.2 Å². The Balaban J connectivity index is 1.73. The van der Waals surface area contributed by atoms with Crippen molar-refractivity contribution in [2.24, 2.45) is 0 Å². The maximum Gasteiger partial charge on any atom is 0.270 e. The maximum atomic E-state index is 12.4. The zero-order chi connectivity index (χ0) is 17.1. The van der Waals surface area contributed by atoms with Gasteiger partial charge in [0, 0.05) is 40.2 Å². The van der Waals surface area contributed by atoms with Gasteiger partial charge in [0.05, 0.1) is 10.5 Å². The average Bonchev–Trinajstić information content (AvgIpc) is 2.99. The fourth-order valence-corrected chi connectivity index (χ4v) is 3.00. The van der Waals surface area contributed by atoms with Crippen LogP contribution in [0.5, 0.6) is 0 Å². The summed E-state index contributed by atoms with van der Waals surface area (Å²) < 4.78 is 1.00. The van der Waals surface area contributed by atoms with Crippen LogP contribution in [0.3, 0.4) is 0 Å². The van der Waals surface area contributed by atoms with E-state index in [0.29, 0.717) is 29.4 Å². The molecule has 3 aromatic rings. The summed E-state index contributed by atoms with van der Waals surface area (Å²) in [7, 11) is 0. The number of fused-ring (bicyclic) bond motifs is 1. The lowest BCUT2D eigenvalue weighted by atomic mass is 10.1. The van der Waals surface area contributed by atoms with E-state index in [1.807, 2.05) is 24.3 Å². The number of halogens is 1. The number of H-pyrrole nitrogens is 1. The van der Waals surface area contributed by atoms with Crippen LogP contribution in [0.1, 0.15) is 15.9 Å². The molecule has 2 N–H and O–H groups in total. The lowest BCUT2D eigenvalue weighted by Crippen LogP contribution is -2.25. The van der Waals surface area contributed by atoms with Gasteiger partial charge in [-0.15, -0.1) is 0 Å². The van der Waals surface area contributed by atoms with Gasteiger partial charge in [-0.2, -0.15) is 0 Å². The molecule has 0 radical (unpaired) electrons. The number of nitrogens with one attached hydrogen (secondary N) is 2. The van der Waals surface area contributed by atoms with Crippen LogP contribution in [0, 0.1) is 10.1 Å². The molecule has 0 unspecified atom stereocenters. The Morgan fingerprint density at radius 3 is 2.79 bits per heavy atom. The SMILES string of the molecule is O=C(NCCc1ccccc1Br)c1c[nH]c2ccc([N+](=O)[O-])cc12. The van der Waals surface area contributed by atoms with Gasteiger partial charge in [-0.25, -0.2) is 0 Å². The van der Waals surface area contributed by atoms with Crippen molar-refractivity contribution < 1.29 is 9.72 Å². The second kappa shape index (κ2) is 6.84. The molecule has 122 valence electrons. The number of nitro groups is 1. The second-order valence-corrected chi connectivity index (χ2v) is 6.14. The third-order valence-corrected chi connectivity index (χ3v) is 4.53. The molecule has 1 heterocycles. The van der Waals surface area contributed by atoms with Crippen LogP contribution >= 0.6 is 15.9 Å². The topological polar surface area (TPSA) is 88.0 Å². The van der Waals surface area contributed by atoms with E-state index in [1.54, 1.807) is 12.3 Å². The van der Waals surface area contributed by atoms with Crippen molar-refractivity contribution in [3.8, 4) is 0 Å². The number of nitro benzene ring substituents is 1. The van der Waals surface area contributed by atoms with E-state index in [4.69, 9.17) is 0 Å². The van der Waals surface area contributed by atoms with Crippen LogP contribution in [0.2, 0.25) is 0 Å². The van der Waals surface area contributed by atoms with Gasteiger partial charge >= 0.3 is 0 Å². The molecule has 0 aliphatic heterocycles. The summed E-state index contributed by atoms with van der Waals surface area (Å²) in [6, 6.07) is 12.3. The molecule has 3 rings (SSSR count). The quantitative estimate of drug-likeness (QED) is 0.515. The fraction of sp³-hybridized carbons (Fsp3) is 0.118. The van der Waals surface area contributed by atoms with E-state index >= 15 is 0 Å². The predicted molar refractivity (Wildman–Crippen MR) is 95.1 cm³/mol. The number of amides is 1. The molecule has 0 bridgehead atoms. The fourth-order valence-electron chi connectivity index (χ4n) is 2.52. The first-order valence-electron chi connectivity index (χ1n) is 7.33. The highest BCUT2D eigenvalue weighted by atomic mass is 79.9. The Kier molecular flexibility index (Phi) is 4.61. The number of carbonyl (C=O) groups excluding carboxylic acids is 1. The van der Waals surface area contributed by atoms with Crippen LogP contribution in [0.4, 0.5) is 5.69 Å². The molecule has 0 fully saturated rings. The minimum atomic E-state index is -0.471. The van der Waals surface area contributed by atoms with Crippen molar-refractivity contribution in [1.29, 1.82) is 0 Å². The van der Waals surface area contributed by atoms with Gasteiger partial charge in [0.15, 0.2) is 0 Å². The number of aromatic nitrogens is 1. The smallest absolute Gasteiger partial charge is 0.270 e.